The van der Waals surface area contributed by atoms with Crippen LogP contribution in [-0.2, 0) is 6.54 Å². The summed E-state index contributed by atoms with van der Waals surface area (Å²) in [5, 5.41) is 24.6. The summed E-state index contributed by atoms with van der Waals surface area (Å²) in [5.74, 6) is 0.835. The van der Waals surface area contributed by atoms with E-state index < -0.39 is 11.0 Å². The van der Waals surface area contributed by atoms with Crippen LogP contribution in [0, 0.1) is 16.0 Å². The maximum Gasteiger partial charge on any atom is 0.306 e. The van der Waals surface area contributed by atoms with Gasteiger partial charge >= 0.3 is 5.69 Å². The first-order valence-electron chi connectivity index (χ1n) is 8.08. The van der Waals surface area contributed by atoms with Gasteiger partial charge in [-0.1, -0.05) is 32.1 Å². The van der Waals surface area contributed by atoms with Crippen LogP contribution in [0.25, 0.3) is 0 Å². The van der Waals surface area contributed by atoms with Gasteiger partial charge in [0.05, 0.1) is 17.6 Å². The van der Waals surface area contributed by atoms with E-state index in [2.05, 4.69) is 10.00 Å². The van der Waals surface area contributed by atoms with Crippen LogP contribution in [0.5, 0.6) is 0 Å². The lowest BCUT2D eigenvalue weighted by Gasteiger charge is -2.25. The minimum Gasteiger partial charge on any atom is -0.390 e. The topological polar surface area (TPSA) is 84.4 Å². The number of likely N-dealkylation sites (N-methyl/N-ethyl adjacent to an activating group) is 1. The normalized spacial score (nSPS) is 17.8. The van der Waals surface area contributed by atoms with Crippen LogP contribution in [0.3, 0.4) is 0 Å². The number of aromatic nitrogens is 2. The molecule has 1 saturated carbocycles. The molecule has 1 aliphatic carbocycles. The van der Waals surface area contributed by atoms with Crippen LogP contribution in [0.2, 0.25) is 0 Å². The van der Waals surface area contributed by atoms with Crippen molar-refractivity contribution in [3.05, 3.63) is 22.5 Å². The molecule has 22 heavy (non-hydrogen) atoms. The summed E-state index contributed by atoms with van der Waals surface area (Å²) < 4.78 is 1.43. The molecule has 1 fully saturated rings. The van der Waals surface area contributed by atoms with Crippen molar-refractivity contribution >= 4 is 5.69 Å². The predicted molar refractivity (Wildman–Crippen MR) is 83.6 cm³/mol. The number of nitro groups is 1. The van der Waals surface area contributed by atoms with Crippen molar-refractivity contribution < 1.29 is 10.0 Å². The van der Waals surface area contributed by atoms with E-state index >= 15 is 0 Å². The van der Waals surface area contributed by atoms with Crippen molar-refractivity contribution in [2.24, 2.45) is 5.92 Å². The SMILES string of the molecule is CN(CCC1CCCCC1)CC(O)Cn1cc([N+](=O)[O-])cn1. The molecule has 7 heteroatoms. The van der Waals surface area contributed by atoms with Crippen LogP contribution in [0.1, 0.15) is 38.5 Å². The average molecular weight is 310 g/mol. The van der Waals surface area contributed by atoms with E-state index in [-0.39, 0.29) is 12.2 Å². The molecule has 1 atom stereocenters. The van der Waals surface area contributed by atoms with Crippen LogP contribution in [0.15, 0.2) is 12.4 Å². The second-order valence-electron chi connectivity index (χ2n) is 6.39. The van der Waals surface area contributed by atoms with Gasteiger partial charge in [0.25, 0.3) is 0 Å². The first-order valence-corrected chi connectivity index (χ1v) is 8.08. The van der Waals surface area contributed by atoms with Gasteiger partial charge < -0.3 is 10.0 Å². The van der Waals surface area contributed by atoms with Gasteiger partial charge in [0, 0.05) is 6.54 Å². The highest BCUT2D eigenvalue weighted by Gasteiger charge is 2.16. The van der Waals surface area contributed by atoms with E-state index in [4.69, 9.17) is 0 Å². The van der Waals surface area contributed by atoms with E-state index in [0.717, 1.165) is 12.5 Å². The Morgan fingerprint density at radius 2 is 2.23 bits per heavy atom. The van der Waals surface area contributed by atoms with E-state index in [0.29, 0.717) is 6.54 Å². The summed E-state index contributed by atoms with van der Waals surface area (Å²) in [7, 11) is 2.01. The van der Waals surface area contributed by atoms with Gasteiger partial charge in [-0.05, 0) is 25.9 Å². The monoisotopic (exact) mass is 310 g/mol. The van der Waals surface area contributed by atoms with Crippen LogP contribution in [-0.4, -0.2) is 51.0 Å². The lowest BCUT2D eigenvalue weighted by Crippen LogP contribution is -2.33. The quantitative estimate of drug-likeness (QED) is 0.587. The molecule has 124 valence electrons. The zero-order valence-corrected chi connectivity index (χ0v) is 13.2. The van der Waals surface area contributed by atoms with Crippen LogP contribution >= 0.6 is 0 Å². The maximum atomic E-state index is 10.6. The standard InChI is InChI=1S/C15H26N4O3/c1-17(8-7-13-5-3-2-4-6-13)11-15(20)12-18-10-14(9-16-18)19(21)22/h9-10,13,15,20H,2-8,11-12H2,1H3. The molecule has 2 rings (SSSR count). The van der Waals surface area contributed by atoms with Gasteiger partial charge in [0.1, 0.15) is 12.4 Å². The van der Waals surface area contributed by atoms with Crippen molar-refractivity contribution in [2.75, 3.05) is 20.1 Å². The second kappa shape index (κ2) is 8.24. The number of nitrogens with zero attached hydrogens (tertiary/aromatic N) is 4. The van der Waals surface area contributed by atoms with Crippen molar-refractivity contribution in [2.45, 2.75) is 51.2 Å². The predicted octanol–water partition coefficient (Wildman–Crippen LogP) is 2.05. The molecule has 1 unspecified atom stereocenters. The fourth-order valence-electron chi connectivity index (χ4n) is 3.15. The Hall–Kier alpha value is -1.47. The van der Waals surface area contributed by atoms with Crippen molar-refractivity contribution in [3.63, 3.8) is 0 Å². The Bertz CT molecular complexity index is 471. The van der Waals surface area contributed by atoms with Crippen LogP contribution in [0.4, 0.5) is 5.69 Å². The molecule has 0 saturated heterocycles. The molecule has 0 amide bonds. The Morgan fingerprint density at radius 3 is 2.86 bits per heavy atom. The molecular weight excluding hydrogens is 284 g/mol. The van der Waals surface area contributed by atoms with Crippen molar-refractivity contribution in [3.8, 4) is 0 Å². The third-order valence-corrected chi connectivity index (χ3v) is 4.39. The lowest BCUT2D eigenvalue weighted by atomic mass is 9.87. The number of aliphatic hydroxyl groups is 1. The van der Waals surface area contributed by atoms with E-state index in [1.165, 1.54) is 55.6 Å². The van der Waals surface area contributed by atoms with Gasteiger partial charge in [-0.3, -0.25) is 14.8 Å². The highest BCUT2D eigenvalue weighted by molar-refractivity contribution is 5.20. The fraction of sp³-hybridized carbons (Fsp3) is 0.800. The summed E-state index contributed by atoms with van der Waals surface area (Å²) in [6, 6.07) is 0. The number of rotatable bonds is 8. The Kier molecular flexibility index (Phi) is 6.33. The molecule has 1 aromatic heterocycles. The fourth-order valence-corrected chi connectivity index (χ4v) is 3.15. The molecule has 1 aliphatic rings. The third-order valence-electron chi connectivity index (χ3n) is 4.39. The van der Waals surface area contributed by atoms with E-state index in [1.807, 2.05) is 7.05 Å². The van der Waals surface area contributed by atoms with Crippen molar-refractivity contribution in [1.29, 1.82) is 0 Å². The number of hydrogen-bond acceptors (Lipinski definition) is 5. The summed E-state index contributed by atoms with van der Waals surface area (Å²) in [6.07, 6.45) is 9.95. The first-order chi connectivity index (χ1) is 10.5. The molecule has 1 N–H and O–H groups in total. The van der Waals surface area contributed by atoms with Gasteiger partial charge in [-0.25, -0.2) is 0 Å². The first kappa shape index (κ1) is 16.9. The van der Waals surface area contributed by atoms with E-state index in [1.54, 1.807) is 0 Å². The number of hydrogen-bond donors (Lipinski definition) is 1. The Balaban J connectivity index is 1.68. The molecule has 7 nitrogen and oxygen atoms in total. The largest absolute Gasteiger partial charge is 0.390 e. The molecule has 1 aromatic rings. The summed E-state index contributed by atoms with van der Waals surface area (Å²) in [6.45, 7) is 1.82. The molecule has 0 aliphatic heterocycles. The zero-order chi connectivity index (χ0) is 15.9. The summed E-state index contributed by atoms with van der Waals surface area (Å²) in [4.78, 5) is 12.3. The van der Waals surface area contributed by atoms with Crippen LogP contribution < -0.4 is 0 Å². The molecule has 0 aromatic carbocycles. The van der Waals surface area contributed by atoms with Crippen molar-refractivity contribution in [1.82, 2.24) is 14.7 Å². The highest BCUT2D eigenvalue weighted by atomic mass is 16.6. The molecule has 0 bridgehead atoms. The maximum absolute atomic E-state index is 10.6. The minimum atomic E-state index is -0.573. The van der Waals surface area contributed by atoms with Gasteiger partial charge in [-0.15, -0.1) is 0 Å². The molecule has 0 radical (unpaired) electrons. The molecular formula is C15H26N4O3. The summed E-state index contributed by atoms with van der Waals surface area (Å²) >= 11 is 0. The lowest BCUT2D eigenvalue weighted by molar-refractivity contribution is -0.385. The Labute approximate surface area is 131 Å². The average Bonchev–Trinajstić information content (AvgIpc) is 2.95. The molecule has 0 spiro atoms. The second-order valence-corrected chi connectivity index (χ2v) is 6.39. The van der Waals surface area contributed by atoms with Gasteiger partial charge in [0.15, 0.2) is 0 Å². The van der Waals surface area contributed by atoms with E-state index in [9.17, 15) is 15.2 Å². The highest BCUT2D eigenvalue weighted by Crippen LogP contribution is 2.26. The van der Waals surface area contributed by atoms with Gasteiger partial charge in [-0.2, -0.15) is 5.10 Å². The smallest absolute Gasteiger partial charge is 0.306 e. The zero-order valence-electron chi connectivity index (χ0n) is 13.2. The number of aliphatic hydroxyl groups excluding tert-OH is 1. The minimum absolute atomic E-state index is 0.0437. The Morgan fingerprint density at radius 1 is 1.50 bits per heavy atom. The summed E-state index contributed by atoms with van der Waals surface area (Å²) in [5.41, 5.74) is -0.0437. The third kappa shape index (κ3) is 5.38. The van der Waals surface area contributed by atoms with Gasteiger partial charge in [0.2, 0.25) is 0 Å². The molecule has 1 heterocycles.